The van der Waals surface area contributed by atoms with Gasteiger partial charge in [-0.3, -0.25) is 9.59 Å². The molecule has 0 aliphatic heterocycles. The molecule has 2 amide bonds. The third-order valence-corrected chi connectivity index (χ3v) is 2.63. The van der Waals surface area contributed by atoms with Crippen molar-refractivity contribution < 1.29 is 9.59 Å². The van der Waals surface area contributed by atoms with E-state index in [9.17, 15) is 9.59 Å². The molecule has 0 saturated carbocycles. The van der Waals surface area contributed by atoms with Gasteiger partial charge in [-0.2, -0.15) is 0 Å². The van der Waals surface area contributed by atoms with E-state index in [4.69, 9.17) is 0 Å². The Kier molecular flexibility index (Phi) is 5.55. The first-order valence-electron chi connectivity index (χ1n) is 6.58. The number of anilines is 1. The average Bonchev–Trinajstić information content (AvgIpc) is 2.27. The smallest absolute Gasteiger partial charge is 0.233 e. The van der Waals surface area contributed by atoms with Crippen LogP contribution in [-0.2, 0) is 9.59 Å². The topological polar surface area (TPSA) is 58.2 Å². The molecule has 0 unspecified atom stereocenters. The van der Waals surface area contributed by atoms with Crippen molar-refractivity contribution >= 4 is 17.5 Å². The van der Waals surface area contributed by atoms with Crippen LogP contribution in [0.3, 0.4) is 0 Å². The Hall–Kier alpha value is -1.84. The van der Waals surface area contributed by atoms with Gasteiger partial charge in [0.2, 0.25) is 11.8 Å². The van der Waals surface area contributed by atoms with Gasteiger partial charge < -0.3 is 10.6 Å². The second-order valence-corrected chi connectivity index (χ2v) is 5.19. The van der Waals surface area contributed by atoms with Crippen molar-refractivity contribution in [1.29, 1.82) is 0 Å². The average molecular weight is 262 g/mol. The second kappa shape index (κ2) is 6.92. The van der Waals surface area contributed by atoms with Crippen molar-refractivity contribution in [2.45, 2.75) is 46.1 Å². The lowest BCUT2D eigenvalue weighted by molar-refractivity contribution is -0.127. The van der Waals surface area contributed by atoms with Crippen LogP contribution in [0.4, 0.5) is 5.69 Å². The van der Waals surface area contributed by atoms with Crippen LogP contribution in [0.1, 0.15) is 45.6 Å². The maximum atomic E-state index is 11.8. The molecule has 0 aliphatic carbocycles. The third kappa shape index (κ3) is 5.12. The standard InChI is InChI=1S/C15H22N2O2/c1-10(2)12-7-5-6-8-13(12)17-15(19)9-14(18)16-11(3)4/h5-8,10-11H,9H2,1-4H3,(H,16,18)(H,17,19). The summed E-state index contributed by atoms with van der Waals surface area (Å²) >= 11 is 0. The van der Waals surface area contributed by atoms with Crippen LogP contribution < -0.4 is 10.6 Å². The summed E-state index contributed by atoms with van der Waals surface area (Å²) in [7, 11) is 0. The van der Waals surface area contributed by atoms with Gasteiger partial charge in [0.1, 0.15) is 6.42 Å². The minimum absolute atomic E-state index is 0.0447. The van der Waals surface area contributed by atoms with Gasteiger partial charge >= 0.3 is 0 Å². The van der Waals surface area contributed by atoms with E-state index in [1.165, 1.54) is 0 Å². The molecule has 1 aromatic carbocycles. The first kappa shape index (κ1) is 15.2. The number of carbonyl (C=O) groups excluding carboxylic acids is 2. The molecule has 0 radical (unpaired) electrons. The Balaban J connectivity index is 2.65. The molecule has 0 bridgehead atoms. The van der Waals surface area contributed by atoms with Crippen LogP contribution in [-0.4, -0.2) is 17.9 Å². The fraction of sp³-hybridized carbons (Fsp3) is 0.467. The highest BCUT2D eigenvalue weighted by Gasteiger charge is 2.13. The van der Waals surface area contributed by atoms with E-state index in [-0.39, 0.29) is 24.3 Å². The number of rotatable bonds is 5. The molecule has 0 aromatic heterocycles. The Bertz CT molecular complexity index is 453. The molecule has 19 heavy (non-hydrogen) atoms. The van der Waals surface area contributed by atoms with Crippen LogP contribution in [0.5, 0.6) is 0 Å². The molecule has 4 nitrogen and oxygen atoms in total. The molecule has 0 aliphatic rings. The lowest BCUT2D eigenvalue weighted by Crippen LogP contribution is -2.33. The summed E-state index contributed by atoms with van der Waals surface area (Å²) in [5.41, 5.74) is 1.85. The maximum absolute atomic E-state index is 11.8. The monoisotopic (exact) mass is 262 g/mol. The zero-order valence-corrected chi connectivity index (χ0v) is 12.0. The fourth-order valence-corrected chi connectivity index (χ4v) is 1.83. The molecule has 0 spiro atoms. The molecule has 0 fully saturated rings. The largest absolute Gasteiger partial charge is 0.353 e. The van der Waals surface area contributed by atoms with Crippen LogP contribution in [0.15, 0.2) is 24.3 Å². The predicted octanol–water partition coefficient (Wildman–Crippen LogP) is 2.66. The van der Waals surface area contributed by atoms with E-state index in [2.05, 4.69) is 24.5 Å². The molecule has 104 valence electrons. The van der Waals surface area contributed by atoms with E-state index < -0.39 is 0 Å². The number of hydrogen-bond donors (Lipinski definition) is 2. The summed E-state index contributed by atoms with van der Waals surface area (Å²) < 4.78 is 0. The van der Waals surface area contributed by atoms with Gasteiger partial charge in [-0.15, -0.1) is 0 Å². The molecule has 1 rings (SSSR count). The number of nitrogens with one attached hydrogen (secondary N) is 2. The molecule has 0 atom stereocenters. The summed E-state index contributed by atoms with van der Waals surface area (Å²) in [5.74, 6) is -0.221. The van der Waals surface area contributed by atoms with E-state index in [1.54, 1.807) is 0 Å². The first-order valence-corrected chi connectivity index (χ1v) is 6.58. The van der Waals surface area contributed by atoms with Crippen molar-refractivity contribution in [3.63, 3.8) is 0 Å². The Morgan fingerprint density at radius 1 is 1.05 bits per heavy atom. The summed E-state index contributed by atoms with van der Waals surface area (Å²) in [6.07, 6.45) is -0.148. The van der Waals surface area contributed by atoms with Gasteiger partial charge in [0.05, 0.1) is 0 Å². The maximum Gasteiger partial charge on any atom is 0.233 e. The van der Waals surface area contributed by atoms with Gasteiger partial charge in [-0.25, -0.2) is 0 Å². The zero-order valence-electron chi connectivity index (χ0n) is 12.0. The Morgan fingerprint density at radius 3 is 2.26 bits per heavy atom. The predicted molar refractivity (Wildman–Crippen MR) is 77.1 cm³/mol. The summed E-state index contributed by atoms with van der Waals surface area (Å²) in [4.78, 5) is 23.3. The Morgan fingerprint density at radius 2 is 1.68 bits per heavy atom. The van der Waals surface area contributed by atoms with E-state index in [0.29, 0.717) is 5.92 Å². The van der Waals surface area contributed by atoms with Gasteiger partial charge in [-0.1, -0.05) is 32.0 Å². The molecule has 0 saturated heterocycles. The quantitative estimate of drug-likeness (QED) is 0.801. The second-order valence-electron chi connectivity index (χ2n) is 5.19. The SMILES string of the molecule is CC(C)NC(=O)CC(=O)Nc1ccccc1C(C)C. The van der Waals surface area contributed by atoms with Gasteiger partial charge in [-0.05, 0) is 31.4 Å². The molecule has 0 heterocycles. The van der Waals surface area contributed by atoms with Crippen molar-refractivity contribution in [3.8, 4) is 0 Å². The van der Waals surface area contributed by atoms with Crippen LogP contribution in [0.2, 0.25) is 0 Å². The van der Waals surface area contributed by atoms with Crippen LogP contribution in [0.25, 0.3) is 0 Å². The van der Waals surface area contributed by atoms with Crippen molar-refractivity contribution in [1.82, 2.24) is 5.32 Å². The highest BCUT2D eigenvalue weighted by molar-refractivity contribution is 6.03. The zero-order chi connectivity index (χ0) is 14.4. The van der Waals surface area contributed by atoms with Crippen molar-refractivity contribution in [2.75, 3.05) is 5.32 Å². The highest BCUT2D eigenvalue weighted by atomic mass is 16.2. The molecule has 4 heteroatoms. The number of carbonyl (C=O) groups is 2. The number of para-hydroxylation sites is 1. The normalized spacial score (nSPS) is 10.6. The van der Waals surface area contributed by atoms with E-state index in [1.807, 2.05) is 38.1 Å². The molecule has 2 N–H and O–H groups in total. The summed E-state index contributed by atoms with van der Waals surface area (Å²) in [6.45, 7) is 7.86. The molecular formula is C15H22N2O2. The minimum atomic E-state index is -0.286. The van der Waals surface area contributed by atoms with Crippen molar-refractivity contribution in [2.24, 2.45) is 0 Å². The summed E-state index contributed by atoms with van der Waals surface area (Å²) in [5, 5.41) is 5.49. The minimum Gasteiger partial charge on any atom is -0.353 e. The number of benzene rings is 1. The lowest BCUT2D eigenvalue weighted by atomic mass is 10.0. The third-order valence-electron chi connectivity index (χ3n) is 2.63. The number of hydrogen-bond acceptors (Lipinski definition) is 2. The summed E-state index contributed by atoms with van der Waals surface area (Å²) in [6, 6.07) is 7.69. The highest BCUT2D eigenvalue weighted by Crippen LogP contribution is 2.23. The lowest BCUT2D eigenvalue weighted by Gasteiger charge is -2.14. The number of amides is 2. The van der Waals surface area contributed by atoms with Gasteiger partial charge in [0.15, 0.2) is 0 Å². The van der Waals surface area contributed by atoms with Crippen LogP contribution >= 0.6 is 0 Å². The van der Waals surface area contributed by atoms with E-state index in [0.717, 1.165) is 11.3 Å². The fourth-order valence-electron chi connectivity index (χ4n) is 1.83. The first-order chi connectivity index (χ1) is 8.90. The van der Waals surface area contributed by atoms with E-state index >= 15 is 0 Å². The van der Waals surface area contributed by atoms with Crippen molar-refractivity contribution in [3.05, 3.63) is 29.8 Å². The Labute approximate surface area is 114 Å². The van der Waals surface area contributed by atoms with Crippen LogP contribution in [0, 0.1) is 0 Å². The molecular weight excluding hydrogens is 240 g/mol. The van der Waals surface area contributed by atoms with Gasteiger partial charge in [0.25, 0.3) is 0 Å². The van der Waals surface area contributed by atoms with Gasteiger partial charge in [0, 0.05) is 11.7 Å². The molecule has 1 aromatic rings.